The fraction of sp³-hybridized carbons (Fsp3) is 0.640. The summed E-state index contributed by atoms with van der Waals surface area (Å²) in [5.41, 5.74) is 0.890. The molecule has 0 radical (unpaired) electrons. The summed E-state index contributed by atoms with van der Waals surface area (Å²) < 4.78 is 5.34. The number of amides is 3. The van der Waals surface area contributed by atoms with Gasteiger partial charge in [0.1, 0.15) is 5.75 Å². The Labute approximate surface area is 192 Å². The van der Waals surface area contributed by atoms with Crippen molar-refractivity contribution in [2.75, 3.05) is 33.3 Å². The topological polar surface area (TPSA) is 79.0 Å². The predicted molar refractivity (Wildman–Crippen MR) is 125 cm³/mol. The van der Waals surface area contributed by atoms with E-state index in [0.29, 0.717) is 38.8 Å². The van der Waals surface area contributed by atoms with Gasteiger partial charge in [-0.3, -0.25) is 14.4 Å². The van der Waals surface area contributed by atoms with Gasteiger partial charge in [0.15, 0.2) is 0 Å². The molecule has 0 atom stereocenters. The zero-order chi connectivity index (χ0) is 23.3. The smallest absolute Gasteiger partial charge is 0.227 e. The number of methoxy groups -OCH3 is 1. The molecule has 1 aliphatic heterocycles. The van der Waals surface area contributed by atoms with Crippen LogP contribution in [-0.2, 0) is 20.8 Å². The van der Waals surface area contributed by atoms with Crippen molar-refractivity contribution in [1.82, 2.24) is 15.1 Å². The third-order valence-corrected chi connectivity index (χ3v) is 5.88. The van der Waals surface area contributed by atoms with Crippen molar-refractivity contribution >= 4 is 17.7 Å². The van der Waals surface area contributed by atoms with Gasteiger partial charge >= 0.3 is 0 Å². The van der Waals surface area contributed by atoms with E-state index in [1.165, 1.54) is 0 Å². The predicted octanol–water partition coefficient (Wildman–Crippen LogP) is 3.16. The molecule has 7 heteroatoms. The molecule has 0 unspecified atom stereocenters. The molecule has 1 N–H and O–H groups in total. The van der Waals surface area contributed by atoms with Crippen LogP contribution in [0.2, 0.25) is 0 Å². The van der Waals surface area contributed by atoms with Crippen LogP contribution in [0, 0.1) is 0 Å². The SMILES string of the molecule is CCCN(CCC)C(=O)CCCC(=O)NC1CCN(C(=O)Cc2ccccc2OC)CC1. The number of benzene rings is 1. The molecular weight excluding hydrogens is 406 g/mol. The van der Waals surface area contributed by atoms with Gasteiger partial charge in [0.2, 0.25) is 17.7 Å². The molecule has 1 aliphatic rings. The quantitative estimate of drug-likeness (QED) is 0.536. The highest BCUT2D eigenvalue weighted by Gasteiger charge is 2.24. The summed E-state index contributed by atoms with van der Waals surface area (Å²) in [7, 11) is 1.61. The largest absolute Gasteiger partial charge is 0.496 e. The van der Waals surface area contributed by atoms with Crippen molar-refractivity contribution in [3.05, 3.63) is 29.8 Å². The molecule has 0 aromatic heterocycles. The van der Waals surface area contributed by atoms with Gasteiger partial charge in [-0.1, -0.05) is 32.0 Å². The molecule has 1 aromatic rings. The lowest BCUT2D eigenvalue weighted by Gasteiger charge is -2.32. The van der Waals surface area contributed by atoms with Crippen LogP contribution < -0.4 is 10.1 Å². The Morgan fingerprint density at radius 2 is 1.72 bits per heavy atom. The Morgan fingerprint density at radius 3 is 2.34 bits per heavy atom. The molecule has 32 heavy (non-hydrogen) atoms. The van der Waals surface area contributed by atoms with Crippen molar-refractivity contribution in [2.45, 2.75) is 71.3 Å². The van der Waals surface area contributed by atoms with E-state index in [-0.39, 0.29) is 23.8 Å². The number of carbonyl (C=O) groups is 3. The molecular formula is C25H39N3O4. The van der Waals surface area contributed by atoms with Crippen LogP contribution >= 0.6 is 0 Å². The van der Waals surface area contributed by atoms with Crippen molar-refractivity contribution in [3.8, 4) is 5.75 Å². The van der Waals surface area contributed by atoms with E-state index in [1.807, 2.05) is 34.1 Å². The first kappa shape index (κ1) is 25.7. The summed E-state index contributed by atoms with van der Waals surface area (Å²) in [4.78, 5) is 41.1. The van der Waals surface area contributed by atoms with E-state index in [0.717, 1.165) is 50.1 Å². The Hall–Kier alpha value is -2.57. The molecule has 1 aromatic carbocycles. The lowest BCUT2D eigenvalue weighted by Crippen LogP contribution is -2.47. The Morgan fingerprint density at radius 1 is 1.06 bits per heavy atom. The number of nitrogens with one attached hydrogen (secondary N) is 1. The average molecular weight is 446 g/mol. The summed E-state index contributed by atoms with van der Waals surface area (Å²) in [6.07, 6.45) is 5.09. The summed E-state index contributed by atoms with van der Waals surface area (Å²) in [5, 5.41) is 3.08. The molecule has 178 valence electrons. The lowest BCUT2D eigenvalue weighted by molar-refractivity contribution is -0.132. The van der Waals surface area contributed by atoms with Gasteiger partial charge in [-0.25, -0.2) is 0 Å². The van der Waals surface area contributed by atoms with Crippen LogP contribution in [0.3, 0.4) is 0 Å². The van der Waals surface area contributed by atoms with E-state index >= 15 is 0 Å². The molecule has 0 aliphatic carbocycles. The zero-order valence-electron chi connectivity index (χ0n) is 19.9. The highest BCUT2D eigenvalue weighted by molar-refractivity contribution is 5.80. The van der Waals surface area contributed by atoms with Gasteiger partial charge in [0, 0.05) is 50.6 Å². The van der Waals surface area contributed by atoms with Gasteiger partial charge in [-0.05, 0) is 38.2 Å². The number of carbonyl (C=O) groups excluding carboxylic acids is 3. The Balaban J connectivity index is 1.68. The number of rotatable bonds is 12. The first-order valence-corrected chi connectivity index (χ1v) is 11.9. The number of likely N-dealkylation sites (tertiary alicyclic amines) is 1. The van der Waals surface area contributed by atoms with Crippen LogP contribution in [0.5, 0.6) is 5.75 Å². The monoisotopic (exact) mass is 445 g/mol. The Kier molecular flexibility index (Phi) is 11.0. The third kappa shape index (κ3) is 8.17. The molecule has 0 spiro atoms. The molecule has 1 saturated heterocycles. The maximum Gasteiger partial charge on any atom is 0.227 e. The summed E-state index contributed by atoms with van der Waals surface area (Å²) in [5.74, 6) is 0.952. The fourth-order valence-corrected chi connectivity index (χ4v) is 4.16. The number of hydrogen-bond donors (Lipinski definition) is 1. The molecule has 3 amide bonds. The van der Waals surface area contributed by atoms with Crippen molar-refractivity contribution in [3.63, 3.8) is 0 Å². The van der Waals surface area contributed by atoms with Gasteiger partial charge in [-0.2, -0.15) is 0 Å². The van der Waals surface area contributed by atoms with Gasteiger partial charge in [-0.15, -0.1) is 0 Å². The molecule has 7 nitrogen and oxygen atoms in total. The highest BCUT2D eigenvalue weighted by atomic mass is 16.5. The molecule has 0 bridgehead atoms. The normalized spacial score (nSPS) is 14.2. The number of para-hydroxylation sites is 1. The minimum atomic E-state index is -0.00543. The maximum atomic E-state index is 12.7. The molecule has 0 saturated carbocycles. The van der Waals surface area contributed by atoms with Gasteiger partial charge in [0.05, 0.1) is 13.5 Å². The second-order valence-electron chi connectivity index (χ2n) is 8.45. The molecule has 2 rings (SSSR count). The first-order valence-electron chi connectivity index (χ1n) is 11.9. The van der Waals surface area contributed by atoms with Gasteiger partial charge in [0.25, 0.3) is 0 Å². The fourth-order valence-electron chi connectivity index (χ4n) is 4.16. The van der Waals surface area contributed by atoms with Crippen molar-refractivity contribution in [2.24, 2.45) is 0 Å². The zero-order valence-corrected chi connectivity index (χ0v) is 19.9. The number of ether oxygens (including phenoxy) is 1. The van der Waals surface area contributed by atoms with E-state index < -0.39 is 0 Å². The second-order valence-corrected chi connectivity index (χ2v) is 8.45. The summed E-state index contributed by atoms with van der Waals surface area (Å²) in [6, 6.07) is 7.67. The van der Waals surface area contributed by atoms with E-state index in [9.17, 15) is 14.4 Å². The first-order chi connectivity index (χ1) is 15.5. The molecule has 1 fully saturated rings. The lowest BCUT2D eigenvalue weighted by atomic mass is 10.0. The summed E-state index contributed by atoms with van der Waals surface area (Å²) >= 11 is 0. The van der Waals surface area contributed by atoms with E-state index in [4.69, 9.17) is 4.74 Å². The van der Waals surface area contributed by atoms with Crippen LogP contribution in [-0.4, -0.2) is 66.9 Å². The minimum Gasteiger partial charge on any atom is -0.496 e. The third-order valence-electron chi connectivity index (χ3n) is 5.88. The van der Waals surface area contributed by atoms with Crippen molar-refractivity contribution in [1.29, 1.82) is 0 Å². The van der Waals surface area contributed by atoms with Crippen LogP contribution in [0.4, 0.5) is 0 Å². The van der Waals surface area contributed by atoms with E-state index in [2.05, 4.69) is 19.2 Å². The highest BCUT2D eigenvalue weighted by Crippen LogP contribution is 2.20. The second kappa shape index (κ2) is 13.8. The minimum absolute atomic E-state index is 0.00543. The van der Waals surface area contributed by atoms with Crippen LogP contribution in [0.1, 0.15) is 64.4 Å². The van der Waals surface area contributed by atoms with Crippen LogP contribution in [0.15, 0.2) is 24.3 Å². The maximum absolute atomic E-state index is 12.7. The number of nitrogens with zero attached hydrogens (tertiary/aromatic N) is 2. The van der Waals surface area contributed by atoms with Gasteiger partial charge < -0.3 is 19.9 Å². The standard InChI is InChI=1S/C25H39N3O4/c1-4-15-27(16-5-2)24(30)12-8-11-23(29)26-21-13-17-28(18-14-21)25(31)19-20-9-6-7-10-22(20)32-3/h6-7,9-10,21H,4-5,8,11-19H2,1-3H3,(H,26,29). The Bertz CT molecular complexity index is 738. The van der Waals surface area contributed by atoms with E-state index in [1.54, 1.807) is 7.11 Å². The number of hydrogen-bond acceptors (Lipinski definition) is 4. The van der Waals surface area contributed by atoms with Crippen molar-refractivity contribution < 1.29 is 19.1 Å². The average Bonchev–Trinajstić information content (AvgIpc) is 2.79. The summed E-state index contributed by atoms with van der Waals surface area (Å²) in [6.45, 7) is 6.99. The number of piperidine rings is 1. The molecule has 1 heterocycles. The van der Waals surface area contributed by atoms with Crippen LogP contribution in [0.25, 0.3) is 0 Å².